The molecule has 5 fully saturated rings. The van der Waals surface area contributed by atoms with Crippen LogP contribution in [0.3, 0.4) is 0 Å². The van der Waals surface area contributed by atoms with Crippen LogP contribution in [0.2, 0.25) is 0 Å². The van der Waals surface area contributed by atoms with E-state index in [4.69, 9.17) is 14.5 Å². The molecule has 6 bridgehead atoms. The van der Waals surface area contributed by atoms with Gasteiger partial charge in [-0.1, -0.05) is 70.9 Å². The van der Waals surface area contributed by atoms with Crippen molar-refractivity contribution < 1.29 is 28.7 Å². The molecule has 2 aromatic heterocycles. The molecular weight excluding hydrogens is 843 g/mol. The standard InChI is InChI=1S/C54H69N7O6/c1-6-60-44-19-18-38-28-40(44)41(48(60)39-16-10-22-55-46(39)34(2)3)29-53(4,5)33-67-52(65)42-17-11-23-61(57-42)50(63)43(27-35-12-9-15-37(38)26-35)56-49(62)47(36-13-7-8-14-36)58-24-20-54(31-58)21-25-59(32-54)51(64)45-30-66-45/h9-10,12,15-16,18-19,22,26,28,34,36,42-43,45,47,57H,6-8,11,13-14,17,20-21,23-25,27,29-33H2,1-5H3,(H,56,62)/t42-,43-,45+,47-,54-/m0/s1. The van der Waals surface area contributed by atoms with E-state index in [0.717, 1.165) is 109 Å². The number of aryl methyl sites for hydroxylation is 1. The summed E-state index contributed by atoms with van der Waals surface area (Å²) in [7, 11) is 0. The summed E-state index contributed by atoms with van der Waals surface area (Å²) in [5.74, 6) is -0.266. The first kappa shape index (κ1) is 45.7. The van der Waals surface area contributed by atoms with Crippen molar-refractivity contribution in [1.82, 2.24) is 35.1 Å². The lowest BCUT2D eigenvalue weighted by Gasteiger charge is -2.37. The molecule has 1 saturated carbocycles. The van der Waals surface area contributed by atoms with E-state index in [0.29, 0.717) is 39.0 Å². The highest BCUT2D eigenvalue weighted by atomic mass is 16.6. The Morgan fingerprint density at radius 1 is 0.940 bits per heavy atom. The van der Waals surface area contributed by atoms with E-state index >= 15 is 4.79 Å². The number of pyridine rings is 1. The maximum absolute atomic E-state index is 15.1. The maximum Gasteiger partial charge on any atom is 0.324 e. The minimum absolute atomic E-state index is 0.0470. The monoisotopic (exact) mass is 912 g/mol. The van der Waals surface area contributed by atoms with Gasteiger partial charge >= 0.3 is 5.97 Å². The number of likely N-dealkylation sites (tertiary alicyclic amines) is 2. The van der Waals surface area contributed by atoms with Gasteiger partial charge < -0.3 is 24.3 Å². The number of benzene rings is 2. The zero-order valence-corrected chi connectivity index (χ0v) is 40.2. The number of carbonyl (C=O) groups excluding carboxylic acids is 4. The van der Waals surface area contributed by atoms with Gasteiger partial charge in [-0.25, -0.2) is 5.43 Å². The molecule has 6 aliphatic rings. The Bertz CT molecular complexity index is 2540. The van der Waals surface area contributed by atoms with E-state index in [1.165, 1.54) is 5.56 Å². The predicted molar refractivity (Wildman–Crippen MR) is 258 cm³/mol. The van der Waals surface area contributed by atoms with Crippen molar-refractivity contribution in [3.05, 3.63) is 77.6 Å². The molecule has 5 aliphatic heterocycles. The lowest BCUT2D eigenvalue weighted by Crippen LogP contribution is -2.62. The number of hydrazine groups is 1. The van der Waals surface area contributed by atoms with Crippen LogP contribution in [0, 0.1) is 16.7 Å². The van der Waals surface area contributed by atoms with Gasteiger partial charge in [-0.05, 0) is 117 Å². The first-order valence-electron chi connectivity index (χ1n) is 25.2. The quantitative estimate of drug-likeness (QED) is 0.141. The molecule has 7 heterocycles. The highest BCUT2D eigenvalue weighted by Gasteiger charge is 2.51. The number of fused-ring (bicyclic) bond motifs is 6. The van der Waals surface area contributed by atoms with E-state index in [9.17, 15) is 14.4 Å². The molecule has 10 rings (SSSR count). The van der Waals surface area contributed by atoms with Gasteiger partial charge in [0.15, 0.2) is 6.10 Å². The highest BCUT2D eigenvalue weighted by Crippen LogP contribution is 2.44. The number of epoxide rings is 1. The number of amides is 3. The van der Waals surface area contributed by atoms with Gasteiger partial charge in [0.25, 0.3) is 11.8 Å². The van der Waals surface area contributed by atoms with Crippen molar-refractivity contribution >= 4 is 34.6 Å². The van der Waals surface area contributed by atoms with Crippen LogP contribution >= 0.6 is 0 Å². The summed E-state index contributed by atoms with van der Waals surface area (Å²) in [5, 5.41) is 6.06. The van der Waals surface area contributed by atoms with Gasteiger partial charge in [0.05, 0.1) is 30.6 Å². The van der Waals surface area contributed by atoms with Crippen molar-refractivity contribution in [2.45, 2.75) is 136 Å². The fraction of sp³-hybridized carbons (Fsp3) is 0.574. The molecule has 67 heavy (non-hydrogen) atoms. The fourth-order valence-corrected chi connectivity index (χ4v) is 12.3. The molecule has 1 spiro atoms. The predicted octanol–water partition coefficient (Wildman–Crippen LogP) is 7.04. The molecule has 0 radical (unpaired) electrons. The van der Waals surface area contributed by atoms with Gasteiger partial charge in [-0.3, -0.25) is 34.1 Å². The summed E-state index contributed by atoms with van der Waals surface area (Å²) in [6.07, 6.45) is 9.64. The van der Waals surface area contributed by atoms with Crippen molar-refractivity contribution in [2.75, 3.05) is 45.9 Å². The maximum atomic E-state index is 15.1. The Hall–Kier alpha value is -5.11. The Labute approximate surface area is 395 Å². The van der Waals surface area contributed by atoms with Gasteiger partial charge in [-0.15, -0.1) is 0 Å². The topological polar surface area (TPSA) is 142 Å². The number of esters is 1. The van der Waals surface area contributed by atoms with Crippen LogP contribution in [0.15, 0.2) is 60.8 Å². The fourth-order valence-electron chi connectivity index (χ4n) is 12.3. The zero-order valence-electron chi connectivity index (χ0n) is 40.2. The van der Waals surface area contributed by atoms with Crippen LogP contribution in [-0.4, -0.2) is 118 Å². The third-order valence-electron chi connectivity index (χ3n) is 15.8. The third kappa shape index (κ3) is 9.15. The zero-order chi connectivity index (χ0) is 46.6. The van der Waals surface area contributed by atoms with Crippen LogP contribution in [0.4, 0.5) is 0 Å². The number of cyclic esters (lactones) is 1. The van der Waals surface area contributed by atoms with Gasteiger partial charge in [0, 0.05) is 72.6 Å². The third-order valence-corrected chi connectivity index (χ3v) is 15.8. The van der Waals surface area contributed by atoms with Crippen molar-refractivity contribution in [3.63, 3.8) is 0 Å². The van der Waals surface area contributed by atoms with E-state index < -0.39 is 17.5 Å². The first-order chi connectivity index (χ1) is 32.3. The Balaban J connectivity index is 1.01. The molecule has 3 amide bonds. The Kier molecular flexibility index (Phi) is 12.6. The molecule has 13 heteroatoms. The number of nitrogens with zero attached hydrogens (tertiary/aromatic N) is 5. The molecule has 4 aromatic rings. The largest absolute Gasteiger partial charge is 0.464 e. The number of hydrogen-bond acceptors (Lipinski definition) is 9. The summed E-state index contributed by atoms with van der Waals surface area (Å²) in [4.78, 5) is 66.2. The van der Waals surface area contributed by atoms with Gasteiger partial charge in [0.1, 0.15) is 12.1 Å². The number of hydrogen-bond donors (Lipinski definition) is 2. The average molecular weight is 912 g/mol. The molecule has 0 unspecified atom stereocenters. The summed E-state index contributed by atoms with van der Waals surface area (Å²) in [5.41, 5.74) is 11.5. The van der Waals surface area contributed by atoms with E-state index in [1.54, 1.807) is 5.01 Å². The summed E-state index contributed by atoms with van der Waals surface area (Å²) in [6.45, 7) is 15.7. The van der Waals surface area contributed by atoms with Crippen molar-refractivity contribution in [1.29, 1.82) is 0 Å². The number of ether oxygens (including phenoxy) is 2. The van der Waals surface area contributed by atoms with Crippen molar-refractivity contribution in [3.8, 4) is 22.4 Å². The highest BCUT2D eigenvalue weighted by molar-refractivity contribution is 5.96. The van der Waals surface area contributed by atoms with Gasteiger partial charge in [0.2, 0.25) is 5.91 Å². The van der Waals surface area contributed by atoms with Crippen LogP contribution in [0.25, 0.3) is 33.3 Å². The average Bonchev–Trinajstić information content (AvgIpc) is 3.59. The van der Waals surface area contributed by atoms with E-state index in [1.807, 2.05) is 23.2 Å². The van der Waals surface area contributed by atoms with Crippen LogP contribution < -0.4 is 10.7 Å². The molecule has 5 atom stereocenters. The minimum Gasteiger partial charge on any atom is -0.464 e. The smallest absolute Gasteiger partial charge is 0.324 e. The second-order valence-electron chi connectivity index (χ2n) is 21.7. The van der Waals surface area contributed by atoms with Crippen LogP contribution in [-0.2, 0) is 48.0 Å². The van der Waals surface area contributed by atoms with Crippen LogP contribution in [0.5, 0.6) is 0 Å². The second kappa shape index (κ2) is 18.4. The molecule has 13 nitrogen and oxygen atoms in total. The molecular formula is C54H69N7O6. The molecule has 4 saturated heterocycles. The van der Waals surface area contributed by atoms with E-state index in [-0.39, 0.29) is 66.1 Å². The number of nitrogens with one attached hydrogen (secondary N) is 2. The number of aromatic nitrogens is 2. The van der Waals surface area contributed by atoms with E-state index in [2.05, 4.69) is 97.3 Å². The molecule has 2 aromatic carbocycles. The SMILES string of the molecule is CCn1c(-c2cccnc2C(C)C)c2c3cc(ccc31)-c1cccc(c1)C[C@H](NC(=O)[C@H](C1CCCC1)N1CC[C@]3(CCN(C(=O)[C@H]4CO4)C3)C1)C(=O)N1CCC[C@H](N1)C(=O)OCC(C)(C)C2. The normalized spacial score (nSPS) is 26.3. The lowest BCUT2D eigenvalue weighted by molar-refractivity contribution is -0.155. The molecule has 356 valence electrons. The molecule has 2 N–H and O–H groups in total. The summed E-state index contributed by atoms with van der Waals surface area (Å²) in [6, 6.07) is 17.4. The molecule has 1 aliphatic carbocycles. The second-order valence-corrected chi connectivity index (χ2v) is 21.7. The van der Waals surface area contributed by atoms with Gasteiger partial charge in [-0.2, -0.15) is 0 Å². The number of rotatable bonds is 8. The Morgan fingerprint density at radius 3 is 2.51 bits per heavy atom. The van der Waals surface area contributed by atoms with Crippen LogP contribution in [0.1, 0.15) is 109 Å². The Morgan fingerprint density at radius 2 is 1.73 bits per heavy atom. The minimum atomic E-state index is -0.883. The first-order valence-corrected chi connectivity index (χ1v) is 25.2. The lowest BCUT2D eigenvalue weighted by atomic mass is 9.83. The summed E-state index contributed by atoms with van der Waals surface area (Å²) < 4.78 is 13.9. The van der Waals surface area contributed by atoms with Crippen molar-refractivity contribution in [2.24, 2.45) is 16.7 Å². The number of carbonyl (C=O) groups is 4. The summed E-state index contributed by atoms with van der Waals surface area (Å²) >= 11 is 0.